The molecule has 0 fully saturated rings. The van der Waals surface area contributed by atoms with Crippen molar-refractivity contribution in [2.24, 2.45) is 5.84 Å². The van der Waals surface area contributed by atoms with Gasteiger partial charge in [0.25, 0.3) is 11.8 Å². The molecule has 2 aliphatic rings. The van der Waals surface area contributed by atoms with Gasteiger partial charge in [0.05, 0.1) is 11.1 Å². The van der Waals surface area contributed by atoms with Gasteiger partial charge in [0.1, 0.15) is 5.82 Å². The molecule has 0 saturated heterocycles. The molecule has 102 valence electrons. The Labute approximate surface area is 119 Å². The van der Waals surface area contributed by atoms with Gasteiger partial charge in [0, 0.05) is 23.5 Å². The van der Waals surface area contributed by atoms with Crippen LogP contribution in [0.2, 0.25) is 0 Å². The third-order valence-corrected chi connectivity index (χ3v) is 3.50. The van der Waals surface area contributed by atoms with E-state index in [1.807, 2.05) is 0 Å². The maximum atomic E-state index is 12.4. The highest BCUT2D eigenvalue weighted by molar-refractivity contribution is 6.48. The van der Waals surface area contributed by atoms with Crippen LogP contribution in [0.25, 0.3) is 11.1 Å². The van der Waals surface area contributed by atoms with E-state index in [1.165, 1.54) is 0 Å². The molecule has 0 saturated carbocycles. The Morgan fingerprint density at radius 3 is 2.52 bits per heavy atom. The Morgan fingerprint density at radius 2 is 1.71 bits per heavy atom. The van der Waals surface area contributed by atoms with E-state index in [2.05, 4.69) is 15.3 Å². The van der Waals surface area contributed by atoms with Crippen LogP contribution in [0.5, 0.6) is 0 Å². The number of nitrogens with zero attached hydrogens (tertiary/aromatic N) is 3. The first kappa shape index (κ1) is 11.7. The van der Waals surface area contributed by atoms with Gasteiger partial charge in [-0.1, -0.05) is 0 Å². The van der Waals surface area contributed by atoms with E-state index in [4.69, 9.17) is 5.84 Å². The number of nitrogens with one attached hydrogen (secondary N) is 1. The number of carbonyl (C=O) groups is 2. The molecule has 7 nitrogen and oxygen atoms in total. The van der Waals surface area contributed by atoms with Crippen LogP contribution in [0, 0.1) is 0 Å². The summed E-state index contributed by atoms with van der Waals surface area (Å²) in [7, 11) is 0. The van der Waals surface area contributed by atoms with Crippen molar-refractivity contribution >= 4 is 34.6 Å². The molecule has 2 amide bonds. The Bertz CT molecular complexity index is 843. The number of carbonyl (C=O) groups excluding carboxylic acids is 2. The molecule has 0 aliphatic carbocycles. The molecule has 2 aromatic rings. The molecule has 3 N–H and O–H groups in total. The molecule has 2 aromatic heterocycles. The maximum Gasteiger partial charge on any atom is 0.275 e. The summed E-state index contributed by atoms with van der Waals surface area (Å²) in [6.07, 6.45) is 3.12. The number of fused-ring (bicyclic) bond motifs is 2. The highest BCUT2D eigenvalue weighted by Gasteiger charge is 2.39. The van der Waals surface area contributed by atoms with Gasteiger partial charge in [-0.2, -0.15) is 0 Å². The second-order valence-electron chi connectivity index (χ2n) is 4.65. The predicted molar refractivity (Wildman–Crippen MR) is 75.6 cm³/mol. The van der Waals surface area contributed by atoms with E-state index in [0.717, 1.165) is 5.01 Å². The van der Waals surface area contributed by atoms with E-state index in [0.29, 0.717) is 22.8 Å². The maximum absolute atomic E-state index is 12.4. The number of anilines is 2. The van der Waals surface area contributed by atoms with Crippen LogP contribution in [0.1, 0.15) is 11.1 Å². The molecule has 4 heterocycles. The molecule has 0 unspecified atom stereocenters. The van der Waals surface area contributed by atoms with E-state index in [1.54, 1.807) is 36.7 Å². The zero-order valence-electron chi connectivity index (χ0n) is 10.7. The minimum Gasteiger partial charge on any atom is -0.306 e. The average Bonchev–Trinajstić information content (AvgIpc) is 2.95. The summed E-state index contributed by atoms with van der Waals surface area (Å²) in [4.78, 5) is 32.8. The summed E-state index contributed by atoms with van der Waals surface area (Å²) < 4.78 is 0. The average molecular weight is 279 g/mol. The van der Waals surface area contributed by atoms with Gasteiger partial charge in [-0.3, -0.25) is 9.59 Å². The number of amides is 2. The largest absolute Gasteiger partial charge is 0.306 e. The van der Waals surface area contributed by atoms with Crippen molar-refractivity contribution in [2.75, 3.05) is 10.3 Å². The first-order chi connectivity index (χ1) is 10.2. The molecule has 0 atom stereocenters. The number of nitrogens with two attached hydrogens (primary N) is 1. The molecule has 0 spiro atoms. The number of pyridine rings is 2. The minimum absolute atomic E-state index is 0.254. The smallest absolute Gasteiger partial charge is 0.275 e. The van der Waals surface area contributed by atoms with Crippen LogP contribution >= 0.6 is 0 Å². The second-order valence-corrected chi connectivity index (χ2v) is 4.65. The SMILES string of the molecule is NN1C(=O)/C(=C2/C(=O)Nc3ncccc32)c2cccnc21. The lowest BCUT2D eigenvalue weighted by Crippen LogP contribution is -2.34. The topological polar surface area (TPSA) is 101 Å². The van der Waals surface area contributed by atoms with E-state index < -0.39 is 5.91 Å². The van der Waals surface area contributed by atoms with Gasteiger partial charge in [0.15, 0.2) is 5.82 Å². The summed E-state index contributed by atoms with van der Waals surface area (Å²) in [6.45, 7) is 0. The van der Waals surface area contributed by atoms with Gasteiger partial charge in [-0.15, -0.1) is 0 Å². The van der Waals surface area contributed by atoms with E-state index in [-0.39, 0.29) is 17.1 Å². The van der Waals surface area contributed by atoms with Crippen LogP contribution in [0.4, 0.5) is 11.6 Å². The Balaban J connectivity index is 2.06. The van der Waals surface area contributed by atoms with E-state index in [9.17, 15) is 9.59 Å². The molecule has 21 heavy (non-hydrogen) atoms. The summed E-state index contributed by atoms with van der Waals surface area (Å²) >= 11 is 0. The molecule has 0 aromatic carbocycles. The van der Waals surface area contributed by atoms with Gasteiger partial charge < -0.3 is 5.32 Å². The minimum atomic E-state index is -0.453. The van der Waals surface area contributed by atoms with Crippen molar-refractivity contribution in [1.82, 2.24) is 9.97 Å². The zero-order chi connectivity index (χ0) is 14.6. The monoisotopic (exact) mass is 279 g/mol. The second kappa shape index (κ2) is 3.97. The van der Waals surface area contributed by atoms with Gasteiger partial charge in [-0.05, 0) is 24.3 Å². The molecular weight excluding hydrogens is 270 g/mol. The summed E-state index contributed by atoms with van der Waals surface area (Å²) in [5.41, 5.74) is 1.68. The van der Waals surface area contributed by atoms with Crippen LogP contribution in [0.3, 0.4) is 0 Å². The van der Waals surface area contributed by atoms with Crippen molar-refractivity contribution < 1.29 is 9.59 Å². The Hall–Kier alpha value is -3.06. The highest BCUT2D eigenvalue weighted by Crippen LogP contribution is 2.41. The van der Waals surface area contributed by atoms with Crippen molar-refractivity contribution in [3.8, 4) is 0 Å². The number of aromatic nitrogens is 2. The highest BCUT2D eigenvalue weighted by atomic mass is 16.2. The quantitative estimate of drug-likeness (QED) is 0.417. The lowest BCUT2D eigenvalue weighted by molar-refractivity contribution is -0.114. The number of hydrazine groups is 1. The van der Waals surface area contributed by atoms with Crippen molar-refractivity contribution in [1.29, 1.82) is 0 Å². The summed E-state index contributed by atoms with van der Waals surface area (Å²) in [5.74, 6) is 5.72. The lowest BCUT2D eigenvalue weighted by Gasteiger charge is -2.06. The van der Waals surface area contributed by atoms with Crippen molar-refractivity contribution in [3.63, 3.8) is 0 Å². The number of hydrogen-bond donors (Lipinski definition) is 2. The number of hydrogen-bond acceptors (Lipinski definition) is 5. The normalized spacial score (nSPS) is 19.6. The first-order valence-corrected chi connectivity index (χ1v) is 6.24. The molecule has 7 heteroatoms. The van der Waals surface area contributed by atoms with Crippen LogP contribution in [-0.4, -0.2) is 21.8 Å². The van der Waals surface area contributed by atoms with Gasteiger partial charge in [0.2, 0.25) is 0 Å². The summed E-state index contributed by atoms with van der Waals surface area (Å²) in [6, 6.07) is 6.87. The van der Waals surface area contributed by atoms with Crippen molar-refractivity contribution in [3.05, 3.63) is 47.8 Å². The Kier molecular flexibility index (Phi) is 2.22. The van der Waals surface area contributed by atoms with Crippen LogP contribution < -0.4 is 16.2 Å². The first-order valence-electron chi connectivity index (χ1n) is 6.24. The standard InChI is InChI=1S/C14H9N5O2/c15-19-12-8(4-2-6-17-12)10(14(19)21)9-7-3-1-5-16-11(7)18-13(9)20/h1-6H,15H2,(H,16,18,20)/b10-9+. The van der Waals surface area contributed by atoms with Crippen LogP contribution in [0.15, 0.2) is 36.7 Å². The summed E-state index contributed by atoms with van der Waals surface area (Å²) in [5, 5.41) is 3.61. The Morgan fingerprint density at radius 1 is 1.00 bits per heavy atom. The third-order valence-electron chi connectivity index (χ3n) is 3.50. The molecule has 0 bridgehead atoms. The predicted octanol–water partition coefficient (Wildman–Crippen LogP) is 0.560. The van der Waals surface area contributed by atoms with Crippen molar-refractivity contribution in [2.45, 2.75) is 0 Å². The fraction of sp³-hybridized carbons (Fsp3) is 0. The van der Waals surface area contributed by atoms with Crippen LogP contribution in [-0.2, 0) is 9.59 Å². The molecule has 2 aliphatic heterocycles. The molecule has 4 rings (SSSR count). The van der Waals surface area contributed by atoms with E-state index >= 15 is 0 Å². The fourth-order valence-corrected chi connectivity index (χ4v) is 2.60. The zero-order valence-corrected chi connectivity index (χ0v) is 10.7. The van der Waals surface area contributed by atoms with Gasteiger partial charge >= 0.3 is 0 Å². The number of rotatable bonds is 0. The third kappa shape index (κ3) is 1.46. The fourth-order valence-electron chi connectivity index (χ4n) is 2.60. The van der Waals surface area contributed by atoms with Gasteiger partial charge in [-0.25, -0.2) is 20.8 Å². The molecular formula is C14H9N5O2. The lowest BCUT2D eigenvalue weighted by atomic mass is 9.98. The molecule has 0 radical (unpaired) electrons.